The topological polar surface area (TPSA) is 9.86 Å². The van der Waals surface area contributed by atoms with Gasteiger partial charge in [-0.15, -0.1) is 0 Å². The predicted molar refractivity (Wildman–Crippen MR) is 195 cm³/mol. The molecule has 0 aliphatic heterocycles. The minimum atomic E-state index is 1.19. The molecular weight excluding hydrogens is 556 g/mol. The van der Waals surface area contributed by atoms with Crippen LogP contribution in [0, 0.1) is 0 Å². The largest absolute Gasteiger partial charge is 0.309 e. The minimum absolute atomic E-state index is 1.19. The second-order valence-electron chi connectivity index (χ2n) is 12.6. The van der Waals surface area contributed by atoms with Crippen LogP contribution in [0.15, 0.2) is 158 Å². The molecule has 2 nitrogen and oxygen atoms in total. The average molecular weight is 583 g/mol. The molecule has 11 rings (SSSR count). The zero-order valence-corrected chi connectivity index (χ0v) is 24.9. The summed E-state index contributed by atoms with van der Waals surface area (Å²) < 4.78 is 4.80. The normalized spacial score (nSPS) is 12.3. The van der Waals surface area contributed by atoms with Gasteiger partial charge in [-0.05, 0) is 117 Å². The lowest BCUT2D eigenvalue weighted by Crippen LogP contribution is -2.00. The number of para-hydroxylation sites is 4. The SMILES string of the molecule is c1ccc2c(c1)c1ccccc1n2-c1ccc2cc3c(cc2c1)-c1cc2ccc(-n4c5ccccc5c5ccccc54)cc2cc1-3. The highest BCUT2D eigenvalue weighted by atomic mass is 15.0. The second-order valence-corrected chi connectivity index (χ2v) is 12.6. The van der Waals surface area contributed by atoms with E-state index in [1.54, 1.807) is 0 Å². The smallest absolute Gasteiger partial charge is 0.0541 e. The van der Waals surface area contributed by atoms with Gasteiger partial charge in [-0.3, -0.25) is 0 Å². The van der Waals surface area contributed by atoms with Crippen molar-refractivity contribution in [1.29, 1.82) is 0 Å². The van der Waals surface area contributed by atoms with Crippen LogP contribution in [0.25, 0.3) is 98.8 Å². The molecule has 2 heterocycles. The fraction of sp³-hybridized carbons (Fsp3) is 0. The van der Waals surface area contributed by atoms with Gasteiger partial charge in [0.25, 0.3) is 0 Å². The van der Waals surface area contributed by atoms with Gasteiger partial charge in [-0.1, -0.05) is 84.9 Å². The molecule has 2 heteroatoms. The number of hydrogen-bond donors (Lipinski definition) is 0. The summed E-state index contributed by atoms with van der Waals surface area (Å²) in [7, 11) is 0. The van der Waals surface area contributed by atoms with Crippen molar-refractivity contribution in [1.82, 2.24) is 9.13 Å². The molecule has 0 N–H and O–H groups in total. The molecule has 212 valence electrons. The number of aromatic nitrogens is 2. The van der Waals surface area contributed by atoms with Crippen LogP contribution in [0.3, 0.4) is 0 Å². The highest BCUT2D eigenvalue weighted by molar-refractivity contribution is 6.14. The van der Waals surface area contributed by atoms with Gasteiger partial charge >= 0.3 is 0 Å². The van der Waals surface area contributed by atoms with Gasteiger partial charge < -0.3 is 9.13 Å². The summed E-state index contributed by atoms with van der Waals surface area (Å²) in [6.45, 7) is 0. The Kier molecular flexibility index (Phi) is 4.61. The summed E-state index contributed by atoms with van der Waals surface area (Å²) in [6, 6.07) is 58.2. The van der Waals surface area contributed by atoms with E-state index in [0.717, 1.165) is 0 Å². The van der Waals surface area contributed by atoms with Crippen LogP contribution in [-0.2, 0) is 0 Å². The maximum atomic E-state index is 2.40. The molecule has 1 aliphatic rings. The third kappa shape index (κ3) is 3.15. The van der Waals surface area contributed by atoms with Gasteiger partial charge in [0.05, 0.1) is 22.1 Å². The molecule has 0 saturated heterocycles. The van der Waals surface area contributed by atoms with Crippen molar-refractivity contribution in [2.75, 3.05) is 0 Å². The molecule has 0 unspecified atom stereocenters. The molecule has 0 fully saturated rings. The van der Waals surface area contributed by atoms with Crippen molar-refractivity contribution in [2.45, 2.75) is 0 Å². The number of hydrogen-bond acceptors (Lipinski definition) is 0. The Balaban J connectivity index is 1.05. The Hall–Kier alpha value is -6.12. The molecule has 8 aromatic carbocycles. The van der Waals surface area contributed by atoms with E-state index in [2.05, 4.69) is 167 Å². The lowest BCUT2D eigenvalue weighted by molar-refractivity contribution is 1.19. The van der Waals surface area contributed by atoms with E-state index in [9.17, 15) is 0 Å². The summed E-state index contributed by atoms with van der Waals surface area (Å²) in [5.41, 5.74) is 12.7. The highest BCUT2D eigenvalue weighted by Gasteiger charge is 2.24. The summed E-state index contributed by atoms with van der Waals surface area (Å²) in [5, 5.41) is 10.2. The number of benzene rings is 8. The van der Waals surface area contributed by atoms with Crippen molar-refractivity contribution >= 4 is 65.2 Å². The Morgan fingerprint density at radius 1 is 0.261 bits per heavy atom. The van der Waals surface area contributed by atoms with Gasteiger partial charge in [0.15, 0.2) is 0 Å². The van der Waals surface area contributed by atoms with E-state index >= 15 is 0 Å². The van der Waals surface area contributed by atoms with Crippen molar-refractivity contribution in [3.05, 3.63) is 158 Å². The molecule has 0 spiro atoms. The first kappa shape index (κ1) is 24.2. The molecular formula is C44H26N2. The van der Waals surface area contributed by atoms with Crippen molar-refractivity contribution in [3.63, 3.8) is 0 Å². The van der Waals surface area contributed by atoms with Crippen LogP contribution < -0.4 is 0 Å². The first-order chi connectivity index (χ1) is 22.8. The van der Waals surface area contributed by atoms with Crippen LogP contribution in [0.2, 0.25) is 0 Å². The first-order valence-electron chi connectivity index (χ1n) is 15.9. The minimum Gasteiger partial charge on any atom is -0.309 e. The zero-order chi connectivity index (χ0) is 29.9. The predicted octanol–water partition coefficient (Wildman–Crippen LogP) is 11.8. The van der Waals surface area contributed by atoms with Crippen LogP contribution in [-0.4, -0.2) is 9.13 Å². The number of fused-ring (bicyclic) bond motifs is 12. The molecule has 0 amide bonds. The molecule has 10 aromatic rings. The molecule has 0 bridgehead atoms. The van der Waals surface area contributed by atoms with E-state index in [4.69, 9.17) is 0 Å². The third-order valence-electron chi connectivity index (χ3n) is 10.2. The lowest BCUT2D eigenvalue weighted by atomic mass is 9.78. The summed E-state index contributed by atoms with van der Waals surface area (Å²) in [6.07, 6.45) is 0. The van der Waals surface area contributed by atoms with Crippen LogP contribution in [0.1, 0.15) is 0 Å². The number of rotatable bonds is 2. The van der Waals surface area contributed by atoms with E-state index in [-0.39, 0.29) is 0 Å². The standard InChI is InChI=1S/C44H26N2/c1-5-13-41-33(9-1)34-10-2-6-14-42(34)45(41)31-19-17-27-23-37-39(25-29(27)21-31)38-24-28-18-20-32(22-30(28)26-40(37)38)46-43-15-7-3-11-35(43)36-12-4-8-16-44(36)46/h1-26H. The van der Waals surface area contributed by atoms with Crippen LogP contribution >= 0.6 is 0 Å². The Labute approximate surface area is 265 Å². The average Bonchev–Trinajstić information content (AvgIpc) is 3.63. The second kappa shape index (κ2) is 8.74. The van der Waals surface area contributed by atoms with E-state index in [1.165, 1.54) is 98.8 Å². The van der Waals surface area contributed by atoms with Crippen molar-refractivity contribution < 1.29 is 0 Å². The lowest BCUT2D eigenvalue weighted by Gasteiger charge is -2.26. The maximum absolute atomic E-state index is 2.40. The summed E-state index contributed by atoms with van der Waals surface area (Å²) in [5.74, 6) is 0. The Morgan fingerprint density at radius 3 is 0.913 bits per heavy atom. The molecule has 0 atom stereocenters. The Bertz CT molecular complexity index is 2590. The van der Waals surface area contributed by atoms with E-state index in [1.807, 2.05) is 0 Å². The van der Waals surface area contributed by atoms with Crippen molar-refractivity contribution in [3.8, 4) is 33.6 Å². The fourth-order valence-electron chi connectivity index (χ4n) is 8.08. The van der Waals surface area contributed by atoms with Gasteiger partial charge in [0.2, 0.25) is 0 Å². The first-order valence-corrected chi connectivity index (χ1v) is 15.9. The zero-order valence-electron chi connectivity index (χ0n) is 24.9. The molecule has 0 saturated carbocycles. The molecule has 0 radical (unpaired) electrons. The van der Waals surface area contributed by atoms with Gasteiger partial charge in [0.1, 0.15) is 0 Å². The third-order valence-corrected chi connectivity index (χ3v) is 10.2. The monoisotopic (exact) mass is 582 g/mol. The maximum Gasteiger partial charge on any atom is 0.0541 e. The van der Waals surface area contributed by atoms with Crippen molar-refractivity contribution in [2.24, 2.45) is 0 Å². The van der Waals surface area contributed by atoms with Gasteiger partial charge in [-0.25, -0.2) is 0 Å². The Morgan fingerprint density at radius 2 is 0.565 bits per heavy atom. The fourth-order valence-corrected chi connectivity index (χ4v) is 8.08. The highest BCUT2D eigenvalue weighted by Crippen LogP contribution is 2.50. The summed E-state index contributed by atoms with van der Waals surface area (Å²) >= 11 is 0. The number of nitrogens with zero attached hydrogens (tertiary/aromatic N) is 2. The van der Waals surface area contributed by atoms with Gasteiger partial charge in [-0.2, -0.15) is 0 Å². The molecule has 1 aliphatic carbocycles. The van der Waals surface area contributed by atoms with Crippen LogP contribution in [0.5, 0.6) is 0 Å². The van der Waals surface area contributed by atoms with Gasteiger partial charge in [0, 0.05) is 32.9 Å². The van der Waals surface area contributed by atoms with E-state index in [0.29, 0.717) is 0 Å². The molecule has 2 aromatic heterocycles. The summed E-state index contributed by atoms with van der Waals surface area (Å²) in [4.78, 5) is 0. The molecule has 46 heavy (non-hydrogen) atoms. The van der Waals surface area contributed by atoms with Crippen LogP contribution in [0.4, 0.5) is 0 Å². The van der Waals surface area contributed by atoms with E-state index < -0.39 is 0 Å². The quantitative estimate of drug-likeness (QED) is 0.192.